The van der Waals surface area contributed by atoms with Crippen LogP contribution in [-0.2, 0) is 9.09 Å². The number of halogens is 1. The maximum atomic E-state index is 11.2. The Bertz CT molecular complexity index is 136. The molecule has 0 spiro atoms. The molecule has 1 atom stereocenters. The molecule has 0 aromatic heterocycles. The lowest BCUT2D eigenvalue weighted by atomic mass is 10.5. The topological polar surface area (TPSA) is 26.3 Å². The van der Waals surface area contributed by atoms with Gasteiger partial charge in [-0.3, -0.25) is 4.57 Å². The Morgan fingerprint density at radius 3 is 2.40 bits per heavy atom. The van der Waals surface area contributed by atoms with Crippen molar-refractivity contribution in [2.75, 3.05) is 6.61 Å². The minimum Gasteiger partial charge on any atom is -0.317 e. The van der Waals surface area contributed by atoms with Gasteiger partial charge in [0.1, 0.15) is 0 Å². The lowest BCUT2D eigenvalue weighted by Gasteiger charge is -2.13. The van der Waals surface area contributed by atoms with Gasteiger partial charge in [0, 0.05) is 5.66 Å². The first kappa shape index (κ1) is 10.5. The normalized spacial score (nSPS) is 17.3. The summed E-state index contributed by atoms with van der Waals surface area (Å²) in [6, 6.07) is 0. The zero-order valence-electron chi connectivity index (χ0n) is 6.63. The maximum absolute atomic E-state index is 11.2. The van der Waals surface area contributed by atoms with Gasteiger partial charge in [0.15, 0.2) is 0 Å². The molecule has 0 heterocycles. The molecule has 0 aliphatic heterocycles. The summed E-state index contributed by atoms with van der Waals surface area (Å²) in [6.45, 7) is 3.22. The summed E-state index contributed by atoms with van der Waals surface area (Å²) < 4.78 is 16.2. The SMILES string of the molecule is CCCOP(=O)(Cl)C(C)C. The van der Waals surface area contributed by atoms with Crippen LogP contribution < -0.4 is 0 Å². The summed E-state index contributed by atoms with van der Waals surface area (Å²) >= 11 is 5.58. The molecule has 62 valence electrons. The lowest BCUT2D eigenvalue weighted by Crippen LogP contribution is -1.97. The van der Waals surface area contributed by atoms with Crippen molar-refractivity contribution in [1.29, 1.82) is 0 Å². The van der Waals surface area contributed by atoms with Crippen molar-refractivity contribution in [3.8, 4) is 0 Å². The summed E-state index contributed by atoms with van der Waals surface area (Å²) in [5.41, 5.74) is -0.0827. The van der Waals surface area contributed by atoms with Crippen LogP contribution in [-0.4, -0.2) is 12.3 Å². The second kappa shape index (κ2) is 4.38. The molecule has 0 aromatic carbocycles. The van der Waals surface area contributed by atoms with Crippen LogP contribution in [0.2, 0.25) is 0 Å². The van der Waals surface area contributed by atoms with Gasteiger partial charge in [-0.15, -0.1) is 0 Å². The largest absolute Gasteiger partial charge is 0.317 e. The molecule has 0 N–H and O–H groups in total. The van der Waals surface area contributed by atoms with E-state index < -0.39 is 6.72 Å². The van der Waals surface area contributed by atoms with Gasteiger partial charge in [0.2, 0.25) is 0 Å². The molecular weight excluding hydrogens is 170 g/mol. The smallest absolute Gasteiger partial charge is 0.292 e. The van der Waals surface area contributed by atoms with E-state index in [1.165, 1.54) is 0 Å². The fourth-order valence-electron chi connectivity index (χ4n) is 0.365. The minimum atomic E-state index is -2.81. The maximum Gasteiger partial charge on any atom is 0.292 e. The van der Waals surface area contributed by atoms with E-state index in [-0.39, 0.29) is 5.66 Å². The fourth-order valence-corrected chi connectivity index (χ4v) is 1.30. The van der Waals surface area contributed by atoms with Gasteiger partial charge in [-0.25, -0.2) is 0 Å². The van der Waals surface area contributed by atoms with E-state index in [4.69, 9.17) is 15.8 Å². The number of hydrogen-bond acceptors (Lipinski definition) is 2. The van der Waals surface area contributed by atoms with Gasteiger partial charge in [-0.05, 0) is 17.7 Å². The summed E-state index contributed by atoms with van der Waals surface area (Å²) in [6.07, 6.45) is 0.851. The van der Waals surface area contributed by atoms with Crippen LogP contribution in [0.3, 0.4) is 0 Å². The monoisotopic (exact) mass is 184 g/mol. The molecule has 0 fully saturated rings. The Balaban J connectivity index is 3.76. The Morgan fingerprint density at radius 2 is 2.10 bits per heavy atom. The molecule has 2 nitrogen and oxygen atoms in total. The van der Waals surface area contributed by atoms with Crippen molar-refractivity contribution >= 4 is 18.0 Å². The van der Waals surface area contributed by atoms with Crippen molar-refractivity contribution in [2.45, 2.75) is 32.9 Å². The number of hydrogen-bond donors (Lipinski definition) is 0. The van der Waals surface area contributed by atoms with Crippen LogP contribution >= 0.6 is 18.0 Å². The summed E-state index contributed by atoms with van der Waals surface area (Å²) in [4.78, 5) is 0. The highest BCUT2D eigenvalue weighted by Gasteiger charge is 2.23. The van der Waals surface area contributed by atoms with E-state index in [0.29, 0.717) is 6.61 Å². The van der Waals surface area contributed by atoms with Gasteiger partial charge < -0.3 is 4.52 Å². The highest BCUT2D eigenvalue weighted by molar-refractivity contribution is 7.85. The van der Waals surface area contributed by atoms with Crippen LogP contribution in [0.4, 0.5) is 0 Å². The predicted molar refractivity (Wildman–Crippen MR) is 44.8 cm³/mol. The van der Waals surface area contributed by atoms with E-state index in [2.05, 4.69) is 0 Å². The average Bonchev–Trinajstić information content (AvgIpc) is 1.84. The van der Waals surface area contributed by atoms with Crippen molar-refractivity contribution in [2.24, 2.45) is 0 Å². The Hall–Kier alpha value is 0.480. The molecule has 0 saturated heterocycles. The summed E-state index contributed by atoms with van der Waals surface area (Å²) in [7, 11) is 0. The lowest BCUT2D eigenvalue weighted by molar-refractivity contribution is 0.319. The molecule has 0 bridgehead atoms. The Morgan fingerprint density at radius 1 is 1.60 bits per heavy atom. The van der Waals surface area contributed by atoms with Crippen LogP contribution in [0, 0.1) is 0 Å². The van der Waals surface area contributed by atoms with Gasteiger partial charge in [-0.1, -0.05) is 20.8 Å². The molecule has 0 aliphatic rings. The minimum absolute atomic E-state index is 0.0827. The second-order valence-electron chi connectivity index (χ2n) is 2.45. The summed E-state index contributed by atoms with van der Waals surface area (Å²) in [5.74, 6) is 0. The van der Waals surface area contributed by atoms with Crippen molar-refractivity contribution in [3.05, 3.63) is 0 Å². The first-order chi connectivity index (χ1) is 4.50. The van der Waals surface area contributed by atoms with E-state index >= 15 is 0 Å². The van der Waals surface area contributed by atoms with Gasteiger partial charge in [0.25, 0.3) is 6.72 Å². The Labute approximate surface area is 67.1 Å². The molecule has 0 aliphatic carbocycles. The average molecular weight is 185 g/mol. The van der Waals surface area contributed by atoms with E-state index in [0.717, 1.165) is 6.42 Å². The van der Waals surface area contributed by atoms with Gasteiger partial charge >= 0.3 is 0 Å². The van der Waals surface area contributed by atoms with Crippen LogP contribution in [0.25, 0.3) is 0 Å². The van der Waals surface area contributed by atoms with Gasteiger partial charge in [-0.2, -0.15) is 0 Å². The highest BCUT2D eigenvalue weighted by atomic mass is 35.7. The molecular formula is C6H14ClO2P. The molecule has 4 heteroatoms. The third kappa shape index (κ3) is 3.60. The third-order valence-electron chi connectivity index (χ3n) is 1.09. The zero-order valence-corrected chi connectivity index (χ0v) is 8.28. The van der Waals surface area contributed by atoms with E-state index in [1.807, 2.05) is 6.92 Å². The molecule has 0 radical (unpaired) electrons. The number of rotatable bonds is 4. The molecule has 0 amide bonds. The summed E-state index contributed by atoms with van der Waals surface area (Å²) in [5, 5.41) is 0. The van der Waals surface area contributed by atoms with Crippen molar-refractivity contribution < 1.29 is 9.09 Å². The van der Waals surface area contributed by atoms with E-state index in [1.54, 1.807) is 13.8 Å². The van der Waals surface area contributed by atoms with Gasteiger partial charge in [0.05, 0.1) is 6.61 Å². The molecule has 0 rings (SSSR count). The van der Waals surface area contributed by atoms with Crippen molar-refractivity contribution in [3.63, 3.8) is 0 Å². The Kier molecular flexibility index (Phi) is 4.59. The first-order valence-electron chi connectivity index (χ1n) is 3.44. The quantitative estimate of drug-likeness (QED) is 0.627. The molecule has 0 saturated carbocycles. The third-order valence-corrected chi connectivity index (χ3v) is 4.32. The van der Waals surface area contributed by atoms with Crippen molar-refractivity contribution in [1.82, 2.24) is 0 Å². The predicted octanol–water partition coefficient (Wildman–Crippen LogP) is 3.25. The second-order valence-corrected chi connectivity index (χ2v) is 6.19. The van der Waals surface area contributed by atoms with Crippen LogP contribution in [0.5, 0.6) is 0 Å². The molecule has 0 aromatic rings. The molecule has 1 unspecified atom stereocenters. The highest BCUT2D eigenvalue weighted by Crippen LogP contribution is 2.56. The zero-order chi connectivity index (χ0) is 8.20. The first-order valence-corrected chi connectivity index (χ1v) is 6.04. The van der Waals surface area contributed by atoms with Crippen LogP contribution in [0.1, 0.15) is 27.2 Å². The standard InChI is InChI=1S/C6H14ClO2P/c1-4-5-9-10(7,8)6(2)3/h6H,4-5H2,1-3H3. The van der Waals surface area contributed by atoms with E-state index in [9.17, 15) is 4.57 Å². The fraction of sp³-hybridized carbons (Fsp3) is 1.00. The molecule has 10 heavy (non-hydrogen) atoms. The van der Waals surface area contributed by atoms with Crippen LogP contribution in [0.15, 0.2) is 0 Å².